The number of aromatic nitrogens is 4. The summed E-state index contributed by atoms with van der Waals surface area (Å²) in [5.41, 5.74) is 5.50. The second kappa shape index (κ2) is 11.3. The molecule has 1 aromatic carbocycles. The Morgan fingerprint density at radius 2 is 2.00 bits per heavy atom. The Balaban J connectivity index is 1.60. The zero-order valence-electron chi connectivity index (χ0n) is 20.1. The highest BCUT2D eigenvalue weighted by Crippen LogP contribution is 2.34. The Morgan fingerprint density at radius 1 is 1.28 bits per heavy atom. The molecule has 192 valence electrons. The number of aliphatic hydroxyl groups is 1. The predicted octanol–water partition coefficient (Wildman–Crippen LogP) is 0.121. The van der Waals surface area contributed by atoms with Crippen LogP contribution in [0.4, 0.5) is 11.9 Å². The van der Waals surface area contributed by atoms with Crippen LogP contribution >= 0.6 is 0 Å². The molecular formula is C23H29N7O6. The van der Waals surface area contributed by atoms with Crippen LogP contribution in [0, 0.1) is 0 Å². The molecular weight excluding hydrogens is 470 g/mol. The number of nitrogen functional groups attached to an aromatic ring is 1. The summed E-state index contributed by atoms with van der Waals surface area (Å²) in [6, 6.07) is 3.19. The van der Waals surface area contributed by atoms with E-state index in [4.69, 9.17) is 19.9 Å². The SMILES string of the molecule is CCn1c(NC(=O)c2cnc(N)nc2)nc2c(OC)c(OC[C@H](O)CN3CCOCC3)ccc2c1=O. The predicted molar refractivity (Wildman–Crippen MR) is 131 cm³/mol. The monoisotopic (exact) mass is 499 g/mol. The van der Waals surface area contributed by atoms with Crippen molar-refractivity contribution in [2.45, 2.75) is 19.6 Å². The second-order valence-corrected chi connectivity index (χ2v) is 8.14. The maximum absolute atomic E-state index is 13.2. The number of carbonyl (C=O) groups excluding carboxylic acids is 1. The van der Waals surface area contributed by atoms with Gasteiger partial charge < -0.3 is 25.1 Å². The lowest BCUT2D eigenvalue weighted by Gasteiger charge is -2.28. The van der Waals surface area contributed by atoms with E-state index in [9.17, 15) is 14.7 Å². The van der Waals surface area contributed by atoms with Gasteiger partial charge in [0.25, 0.3) is 11.5 Å². The van der Waals surface area contributed by atoms with E-state index in [-0.39, 0.29) is 47.4 Å². The third-order valence-corrected chi connectivity index (χ3v) is 5.73. The van der Waals surface area contributed by atoms with Gasteiger partial charge in [-0.2, -0.15) is 0 Å². The van der Waals surface area contributed by atoms with Crippen LogP contribution in [-0.2, 0) is 11.3 Å². The van der Waals surface area contributed by atoms with E-state index in [1.807, 2.05) is 0 Å². The van der Waals surface area contributed by atoms with Crippen LogP contribution in [-0.4, -0.2) is 88.1 Å². The third-order valence-electron chi connectivity index (χ3n) is 5.73. The smallest absolute Gasteiger partial charge is 0.262 e. The van der Waals surface area contributed by atoms with Crippen molar-refractivity contribution in [3.05, 3.63) is 40.4 Å². The zero-order chi connectivity index (χ0) is 25.7. The summed E-state index contributed by atoms with van der Waals surface area (Å²) in [5, 5.41) is 13.4. The van der Waals surface area contributed by atoms with Crippen LogP contribution in [0.2, 0.25) is 0 Å². The van der Waals surface area contributed by atoms with Crippen molar-refractivity contribution in [3.63, 3.8) is 0 Å². The Labute approximate surface area is 206 Å². The Hall–Kier alpha value is -3.81. The number of methoxy groups -OCH3 is 1. The highest BCUT2D eigenvalue weighted by molar-refractivity contribution is 6.03. The first-order valence-corrected chi connectivity index (χ1v) is 11.5. The van der Waals surface area contributed by atoms with Gasteiger partial charge in [0.2, 0.25) is 11.9 Å². The molecule has 13 nitrogen and oxygen atoms in total. The number of benzene rings is 1. The minimum Gasteiger partial charge on any atom is -0.491 e. The van der Waals surface area contributed by atoms with E-state index >= 15 is 0 Å². The molecule has 3 aromatic rings. The lowest BCUT2D eigenvalue weighted by Crippen LogP contribution is -2.42. The van der Waals surface area contributed by atoms with E-state index in [1.54, 1.807) is 19.1 Å². The number of nitrogens with one attached hydrogen (secondary N) is 1. The number of carbonyl (C=O) groups is 1. The number of nitrogens with zero attached hydrogens (tertiary/aromatic N) is 5. The first-order valence-electron chi connectivity index (χ1n) is 11.5. The number of aliphatic hydroxyl groups excluding tert-OH is 1. The van der Waals surface area contributed by atoms with Crippen molar-refractivity contribution in [3.8, 4) is 11.5 Å². The summed E-state index contributed by atoms with van der Waals surface area (Å²) in [5.74, 6) is 0.0444. The van der Waals surface area contributed by atoms with Crippen LogP contribution in [0.1, 0.15) is 17.3 Å². The maximum atomic E-state index is 13.2. The Bertz CT molecular complexity index is 1270. The topological polar surface area (TPSA) is 167 Å². The minimum atomic E-state index is -0.735. The van der Waals surface area contributed by atoms with Gasteiger partial charge in [0.15, 0.2) is 11.5 Å². The van der Waals surface area contributed by atoms with Gasteiger partial charge in [0.1, 0.15) is 18.2 Å². The second-order valence-electron chi connectivity index (χ2n) is 8.14. The number of rotatable bonds is 9. The number of nitrogens with two attached hydrogens (primary N) is 1. The van der Waals surface area contributed by atoms with Gasteiger partial charge in [-0.3, -0.25) is 24.4 Å². The molecule has 1 fully saturated rings. The molecule has 0 aliphatic carbocycles. The quantitative estimate of drug-likeness (QED) is 0.366. The first kappa shape index (κ1) is 25.3. The molecule has 0 saturated carbocycles. The molecule has 0 spiro atoms. The van der Waals surface area contributed by atoms with Gasteiger partial charge >= 0.3 is 0 Å². The summed E-state index contributed by atoms with van der Waals surface area (Å²) >= 11 is 0. The normalized spacial score (nSPS) is 15.0. The molecule has 0 radical (unpaired) electrons. The van der Waals surface area contributed by atoms with Crippen LogP contribution in [0.5, 0.6) is 11.5 Å². The van der Waals surface area contributed by atoms with Crippen LogP contribution in [0.25, 0.3) is 10.9 Å². The highest BCUT2D eigenvalue weighted by Gasteiger charge is 2.21. The van der Waals surface area contributed by atoms with Crippen LogP contribution in [0.15, 0.2) is 29.3 Å². The summed E-state index contributed by atoms with van der Waals surface area (Å²) in [4.78, 5) is 40.2. The molecule has 1 atom stereocenters. The third kappa shape index (κ3) is 5.53. The number of ether oxygens (including phenoxy) is 3. The molecule has 36 heavy (non-hydrogen) atoms. The Morgan fingerprint density at radius 3 is 2.67 bits per heavy atom. The molecule has 1 amide bonds. The molecule has 1 aliphatic rings. The number of amides is 1. The fraction of sp³-hybridized carbons (Fsp3) is 0.435. The van der Waals surface area contributed by atoms with Gasteiger partial charge in [0, 0.05) is 38.6 Å². The zero-order valence-corrected chi connectivity index (χ0v) is 20.1. The number of fused-ring (bicyclic) bond motifs is 1. The maximum Gasteiger partial charge on any atom is 0.262 e. The minimum absolute atomic E-state index is 0.0198. The summed E-state index contributed by atoms with van der Waals surface area (Å²) in [7, 11) is 1.43. The molecule has 0 bridgehead atoms. The van der Waals surface area contributed by atoms with Gasteiger partial charge in [-0.25, -0.2) is 15.0 Å². The number of hydrogen-bond donors (Lipinski definition) is 3. The van der Waals surface area contributed by atoms with Crippen molar-refractivity contribution >= 4 is 28.7 Å². The van der Waals surface area contributed by atoms with Crippen LogP contribution in [0.3, 0.4) is 0 Å². The van der Waals surface area contributed by atoms with Crippen LogP contribution < -0.4 is 26.1 Å². The molecule has 0 unspecified atom stereocenters. The van der Waals surface area contributed by atoms with Crippen molar-refractivity contribution in [2.75, 3.05) is 57.6 Å². The average Bonchev–Trinajstić information content (AvgIpc) is 2.88. The number of hydrogen-bond acceptors (Lipinski definition) is 11. The molecule has 1 aliphatic heterocycles. The van der Waals surface area contributed by atoms with Crippen molar-refractivity contribution in [1.29, 1.82) is 0 Å². The first-order chi connectivity index (χ1) is 17.4. The van der Waals surface area contributed by atoms with Gasteiger partial charge in [-0.15, -0.1) is 0 Å². The highest BCUT2D eigenvalue weighted by atomic mass is 16.5. The summed E-state index contributed by atoms with van der Waals surface area (Å²) in [6.45, 7) is 5.28. The van der Waals surface area contributed by atoms with E-state index in [2.05, 4.69) is 25.2 Å². The molecule has 3 heterocycles. The lowest BCUT2D eigenvalue weighted by molar-refractivity contribution is 0.00447. The van der Waals surface area contributed by atoms with E-state index in [0.29, 0.717) is 30.9 Å². The fourth-order valence-corrected chi connectivity index (χ4v) is 3.89. The lowest BCUT2D eigenvalue weighted by atomic mass is 10.2. The molecule has 4 N–H and O–H groups in total. The number of β-amino-alcohol motifs (C(OH)–C–C–N with tert-alkyl or cyclic N) is 1. The van der Waals surface area contributed by atoms with Crippen molar-refractivity contribution in [2.24, 2.45) is 0 Å². The molecule has 1 saturated heterocycles. The molecule has 4 rings (SSSR count). The van der Waals surface area contributed by atoms with E-state index < -0.39 is 12.0 Å². The standard InChI is InChI=1S/C23H29N7O6/c1-3-30-21(33)16-4-5-17(36-13-15(31)12-29-6-8-35-9-7-29)19(34-2)18(16)27-23(30)28-20(32)14-10-25-22(24)26-11-14/h4-5,10-11,15,31H,3,6-9,12-13H2,1-2H3,(H2,24,25,26)(H,27,28,32)/t15-/m1/s1. The van der Waals surface area contributed by atoms with Crippen molar-refractivity contribution in [1.82, 2.24) is 24.4 Å². The van der Waals surface area contributed by atoms with Crippen molar-refractivity contribution < 1.29 is 24.1 Å². The van der Waals surface area contributed by atoms with Gasteiger partial charge in [-0.05, 0) is 19.1 Å². The summed E-state index contributed by atoms with van der Waals surface area (Å²) < 4.78 is 18.0. The fourth-order valence-electron chi connectivity index (χ4n) is 3.89. The number of anilines is 2. The summed E-state index contributed by atoms with van der Waals surface area (Å²) in [6.07, 6.45) is 1.82. The van der Waals surface area contributed by atoms with Gasteiger partial charge in [0.05, 0.1) is 31.3 Å². The number of morpholine rings is 1. The van der Waals surface area contributed by atoms with E-state index in [1.165, 1.54) is 24.1 Å². The molecule has 13 heteroatoms. The van der Waals surface area contributed by atoms with Gasteiger partial charge in [-0.1, -0.05) is 0 Å². The van der Waals surface area contributed by atoms with E-state index in [0.717, 1.165) is 13.1 Å². The molecule has 2 aromatic heterocycles. The largest absolute Gasteiger partial charge is 0.491 e. The Kier molecular flexibility index (Phi) is 7.93. The average molecular weight is 500 g/mol.